The van der Waals surface area contributed by atoms with E-state index in [0.29, 0.717) is 16.6 Å². The predicted molar refractivity (Wildman–Crippen MR) is 112 cm³/mol. The standard InChI is InChI=1S/C21H15ClN6O/c22-19-7-6-17(29)12-18(19)14-5-8-20-25-21(26-28(20)13-14)24-15-3-1-4-16(11-15)27-10-2-9-23-27/h1-13,29H,(H,24,26). The van der Waals surface area contributed by atoms with Gasteiger partial charge in [-0.1, -0.05) is 17.7 Å². The predicted octanol–water partition coefficient (Wildman–Crippen LogP) is 4.68. The molecule has 0 unspecified atom stereocenters. The van der Waals surface area contributed by atoms with Gasteiger partial charge in [0.1, 0.15) is 5.75 Å². The van der Waals surface area contributed by atoms with Crippen LogP contribution in [0, 0.1) is 0 Å². The summed E-state index contributed by atoms with van der Waals surface area (Å²) >= 11 is 6.28. The van der Waals surface area contributed by atoms with Crippen molar-refractivity contribution < 1.29 is 5.11 Å². The van der Waals surface area contributed by atoms with Crippen LogP contribution >= 0.6 is 11.6 Å². The zero-order valence-corrected chi connectivity index (χ0v) is 15.8. The van der Waals surface area contributed by atoms with Crippen molar-refractivity contribution in [3.8, 4) is 22.6 Å². The van der Waals surface area contributed by atoms with Gasteiger partial charge >= 0.3 is 0 Å². The van der Waals surface area contributed by atoms with Crippen molar-refractivity contribution in [2.75, 3.05) is 5.32 Å². The van der Waals surface area contributed by atoms with Crippen LogP contribution in [-0.2, 0) is 0 Å². The van der Waals surface area contributed by atoms with Crippen molar-refractivity contribution in [1.29, 1.82) is 0 Å². The van der Waals surface area contributed by atoms with Crippen LogP contribution in [0.3, 0.4) is 0 Å². The lowest BCUT2D eigenvalue weighted by Gasteiger charge is -2.05. The number of pyridine rings is 1. The largest absolute Gasteiger partial charge is 0.508 e. The average molecular weight is 403 g/mol. The first-order chi connectivity index (χ1) is 14.2. The first-order valence-electron chi connectivity index (χ1n) is 8.88. The minimum Gasteiger partial charge on any atom is -0.508 e. The highest BCUT2D eigenvalue weighted by Gasteiger charge is 2.09. The van der Waals surface area contributed by atoms with Gasteiger partial charge in [0, 0.05) is 40.4 Å². The lowest BCUT2D eigenvalue weighted by atomic mass is 10.1. The third-order valence-corrected chi connectivity index (χ3v) is 4.79. The van der Waals surface area contributed by atoms with Crippen LogP contribution in [0.2, 0.25) is 5.02 Å². The smallest absolute Gasteiger partial charge is 0.247 e. The second-order valence-electron chi connectivity index (χ2n) is 6.45. The number of hydrogen-bond donors (Lipinski definition) is 2. The van der Waals surface area contributed by atoms with Gasteiger partial charge < -0.3 is 10.4 Å². The van der Waals surface area contributed by atoms with Crippen molar-refractivity contribution in [1.82, 2.24) is 24.4 Å². The quantitative estimate of drug-likeness (QED) is 0.456. The highest BCUT2D eigenvalue weighted by atomic mass is 35.5. The topological polar surface area (TPSA) is 80.3 Å². The van der Waals surface area contributed by atoms with E-state index in [4.69, 9.17) is 11.6 Å². The van der Waals surface area contributed by atoms with Gasteiger partial charge in [-0.3, -0.25) is 0 Å². The minimum atomic E-state index is 0.155. The molecule has 2 aromatic carbocycles. The molecule has 0 saturated carbocycles. The Balaban J connectivity index is 1.46. The highest BCUT2D eigenvalue weighted by Crippen LogP contribution is 2.31. The summed E-state index contributed by atoms with van der Waals surface area (Å²) in [5.74, 6) is 0.629. The van der Waals surface area contributed by atoms with Crippen molar-refractivity contribution in [2.24, 2.45) is 0 Å². The Morgan fingerprint density at radius 1 is 1.00 bits per heavy atom. The molecule has 0 saturated heterocycles. The fraction of sp³-hybridized carbons (Fsp3) is 0. The zero-order chi connectivity index (χ0) is 19.8. The lowest BCUT2D eigenvalue weighted by Crippen LogP contribution is -1.97. The zero-order valence-electron chi connectivity index (χ0n) is 15.1. The van der Waals surface area contributed by atoms with Crippen molar-refractivity contribution in [2.45, 2.75) is 0 Å². The summed E-state index contributed by atoms with van der Waals surface area (Å²) in [6.45, 7) is 0. The number of phenols is 1. The number of nitrogens with zero attached hydrogens (tertiary/aromatic N) is 5. The normalized spacial score (nSPS) is 11.1. The molecule has 0 aliphatic heterocycles. The van der Waals surface area contributed by atoms with Crippen LogP contribution < -0.4 is 5.32 Å². The molecule has 0 aliphatic rings. The molecule has 0 atom stereocenters. The monoisotopic (exact) mass is 402 g/mol. The Morgan fingerprint density at radius 3 is 2.79 bits per heavy atom. The number of hydrogen-bond acceptors (Lipinski definition) is 5. The van der Waals surface area contributed by atoms with Crippen LogP contribution in [0.1, 0.15) is 0 Å². The molecule has 29 heavy (non-hydrogen) atoms. The fourth-order valence-corrected chi connectivity index (χ4v) is 3.33. The summed E-state index contributed by atoms with van der Waals surface area (Å²) < 4.78 is 3.46. The molecule has 0 aliphatic carbocycles. The second-order valence-corrected chi connectivity index (χ2v) is 6.85. The van der Waals surface area contributed by atoms with Gasteiger partial charge in [-0.05, 0) is 54.6 Å². The number of fused-ring (bicyclic) bond motifs is 1. The summed E-state index contributed by atoms with van der Waals surface area (Å²) in [4.78, 5) is 4.51. The molecule has 142 valence electrons. The number of rotatable bonds is 4. The summed E-state index contributed by atoms with van der Waals surface area (Å²) in [5, 5.41) is 22.3. The molecule has 2 N–H and O–H groups in total. The van der Waals surface area contributed by atoms with E-state index < -0.39 is 0 Å². The fourth-order valence-electron chi connectivity index (χ4n) is 3.11. The summed E-state index contributed by atoms with van der Waals surface area (Å²) in [6, 6.07) is 18.3. The van der Waals surface area contributed by atoms with E-state index >= 15 is 0 Å². The van der Waals surface area contributed by atoms with Gasteiger partial charge in [0.15, 0.2) is 5.65 Å². The summed E-state index contributed by atoms with van der Waals surface area (Å²) in [7, 11) is 0. The van der Waals surface area contributed by atoms with Crippen molar-refractivity contribution >= 4 is 28.9 Å². The molecule has 0 amide bonds. The van der Waals surface area contributed by atoms with E-state index in [1.165, 1.54) is 0 Å². The number of phenolic OH excluding ortho intramolecular Hbond substituents is 1. The summed E-state index contributed by atoms with van der Waals surface area (Å²) in [5.41, 5.74) is 4.03. The van der Waals surface area contributed by atoms with Crippen LogP contribution in [0.25, 0.3) is 22.5 Å². The number of aromatic hydroxyl groups is 1. The van der Waals surface area contributed by atoms with E-state index in [1.54, 1.807) is 33.6 Å². The second kappa shape index (κ2) is 6.96. The number of halogens is 1. The van der Waals surface area contributed by atoms with Crippen LogP contribution in [0.15, 0.2) is 79.3 Å². The Kier molecular flexibility index (Phi) is 4.14. The first kappa shape index (κ1) is 17.3. The van der Waals surface area contributed by atoms with Crippen LogP contribution in [0.4, 0.5) is 11.6 Å². The van der Waals surface area contributed by atoms with Crippen LogP contribution in [0.5, 0.6) is 5.75 Å². The van der Waals surface area contributed by atoms with Crippen molar-refractivity contribution in [3.05, 3.63) is 84.3 Å². The van der Waals surface area contributed by atoms with E-state index in [2.05, 4.69) is 20.5 Å². The summed E-state index contributed by atoms with van der Waals surface area (Å²) in [6.07, 6.45) is 5.45. The molecule has 8 heteroatoms. The van der Waals surface area contributed by atoms with Gasteiger partial charge in [0.25, 0.3) is 0 Å². The van der Waals surface area contributed by atoms with E-state index in [9.17, 15) is 5.11 Å². The van der Waals surface area contributed by atoms with Crippen LogP contribution in [-0.4, -0.2) is 29.5 Å². The maximum absolute atomic E-state index is 9.76. The molecule has 5 aromatic rings. The Bertz CT molecular complexity index is 1310. The van der Waals surface area contributed by atoms with E-state index in [1.807, 2.05) is 54.9 Å². The van der Waals surface area contributed by atoms with Gasteiger partial charge in [-0.2, -0.15) is 10.1 Å². The third kappa shape index (κ3) is 3.39. The molecule has 0 fully saturated rings. The van der Waals surface area contributed by atoms with Crippen molar-refractivity contribution in [3.63, 3.8) is 0 Å². The number of benzene rings is 2. The molecule has 5 rings (SSSR count). The Morgan fingerprint density at radius 2 is 1.93 bits per heavy atom. The number of anilines is 2. The molecule has 3 aromatic heterocycles. The van der Waals surface area contributed by atoms with E-state index in [-0.39, 0.29) is 5.75 Å². The number of aromatic nitrogens is 5. The highest BCUT2D eigenvalue weighted by molar-refractivity contribution is 6.33. The molecule has 0 bridgehead atoms. The molecule has 3 heterocycles. The average Bonchev–Trinajstić information content (AvgIpc) is 3.39. The lowest BCUT2D eigenvalue weighted by molar-refractivity contribution is 0.475. The number of nitrogens with one attached hydrogen (secondary N) is 1. The third-order valence-electron chi connectivity index (χ3n) is 4.46. The van der Waals surface area contributed by atoms with Gasteiger partial charge in [0.2, 0.25) is 5.95 Å². The maximum atomic E-state index is 9.76. The van der Waals surface area contributed by atoms with Gasteiger partial charge in [0.05, 0.1) is 5.69 Å². The van der Waals surface area contributed by atoms with Gasteiger partial charge in [-0.25, -0.2) is 9.20 Å². The molecular formula is C21H15ClN6O. The minimum absolute atomic E-state index is 0.155. The maximum Gasteiger partial charge on any atom is 0.247 e. The SMILES string of the molecule is Oc1ccc(Cl)c(-c2ccc3nc(Nc4cccc(-n5cccn5)c4)nn3c2)c1. The molecule has 0 spiro atoms. The van der Waals surface area contributed by atoms with E-state index in [0.717, 1.165) is 22.5 Å². The van der Waals surface area contributed by atoms with Gasteiger partial charge in [-0.15, -0.1) is 5.10 Å². The molecule has 7 nitrogen and oxygen atoms in total. The Labute approximate surface area is 170 Å². The molecular weight excluding hydrogens is 388 g/mol. The Hall–Kier alpha value is -3.84. The first-order valence-corrected chi connectivity index (χ1v) is 9.26. The molecule has 0 radical (unpaired) electrons.